The van der Waals surface area contributed by atoms with Gasteiger partial charge >= 0.3 is 27.1 Å². The summed E-state index contributed by atoms with van der Waals surface area (Å²) in [6, 6.07) is 41.4. The minimum absolute atomic E-state index is 0.0950. The number of benzene rings is 4. The molecule has 1 heterocycles. The Bertz CT molecular complexity index is 926. The van der Waals surface area contributed by atoms with Gasteiger partial charge in [0, 0.05) is 0 Å². The molecule has 0 amide bonds. The van der Waals surface area contributed by atoms with Crippen LogP contribution < -0.4 is 20.7 Å². The highest BCUT2D eigenvalue weighted by atomic mass is 28.5. The predicted molar refractivity (Wildman–Crippen MR) is 125 cm³/mol. The molecule has 146 valence electrons. The molecule has 0 saturated carbocycles. The van der Waals surface area contributed by atoms with Crippen molar-refractivity contribution >= 4 is 47.9 Å². The Morgan fingerprint density at radius 1 is 0.400 bits per heavy atom. The molecule has 0 spiro atoms. The van der Waals surface area contributed by atoms with Gasteiger partial charge in [0.1, 0.15) is 0 Å². The van der Waals surface area contributed by atoms with Crippen molar-refractivity contribution in [3.05, 3.63) is 121 Å². The highest BCUT2D eigenvalue weighted by Gasteiger charge is 2.57. The summed E-state index contributed by atoms with van der Waals surface area (Å²) >= 11 is 0. The van der Waals surface area contributed by atoms with E-state index in [0.717, 1.165) is 20.7 Å². The molecule has 5 rings (SSSR count). The molecule has 0 unspecified atom stereocenters. The highest BCUT2D eigenvalue weighted by Crippen LogP contribution is 2.23. The van der Waals surface area contributed by atoms with Gasteiger partial charge in [-0.05, 0) is 20.7 Å². The lowest BCUT2D eigenvalue weighted by molar-refractivity contribution is 0.292. The lowest BCUT2D eigenvalue weighted by Gasteiger charge is -2.45. The Morgan fingerprint density at radius 3 is 0.933 bits per heavy atom. The van der Waals surface area contributed by atoms with Crippen molar-refractivity contribution in [1.29, 1.82) is 0 Å². The fraction of sp³-hybridized carbons (Fsp3) is 0. The molecule has 6 heteroatoms. The van der Waals surface area contributed by atoms with Crippen LogP contribution >= 0.6 is 0 Å². The molecule has 1 saturated heterocycles. The van der Waals surface area contributed by atoms with Crippen LogP contribution in [0.3, 0.4) is 0 Å². The summed E-state index contributed by atoms with van der Waals surface area (Å²) in [7, 11) is -6.07. The van der Waals surface area contributed by atoms with E-state index < -0.39 is 17.1 Å². The van der Waals surface area contributed by atoms with Crippen molar-refractivity contribution in [1.82, 2.24) is 0 Å². The predicted octanol–water partition coefficient (Wildman–Crippen LogP) is 2.10. The zero-order chi connectivity index (χ0) is 20.3. The van der Waals surface area contributed by atoms with Crippen molar-refractivity contribution in [2.45, 2.75) is 0 Å². The van der Waals surface area contributed by atoms with Crippen molar-refractivity contribution < 1.29 is 12.3 Å². The van der Waals surface area contributed by atoms with E-state index in [-0.39, 0.29) is 10.0 Å². The van der Waals surface area contributed by atoms with Gasteiger partial charge in [-0.25, -0.2) is 0 Å². The molecule has 1 fully saturated rings. The molecule has 4 aromatic rings. The van der Waals surface area contributed by atoms with Crippen LogP contribution in [0, 0.1) is 0 Å². The summed E-state index contributed by atoms with van der Waals surface area (Å²) in [4.78, 5) is 0. The Labute approximate surface area is 181 Å². The highest BCUT2D eigenvalue weighted by molar-refractivity contribution is 7.08. The molecule has 0 N–H and O–H groups in total. The lowest BCUT2D eigenvalue weighted by Crippen LogP contribution is -2.79. The van der Waals surface area contributed by atoms with Crippen LogP contribution in [-0.2, 0) is 12.3 Å². The first kappa shape index (κ1) is 19.4. The first-order valence-electron chi connectivity index (χ1n) is 9.87. The molecule has 1 aliphatic heterocycles. The van der Waals surface area contributed by atoms with E-state index >= 15 is 0 Å². The van der Waals surface area contributed by atoms with E-state index in [0.29, 0.717) is 0 Å². The van der Waals surface area contributed by atoms with Gasteiger partial charge in [0.2, 0.25) is 0 Å². The normalized spacial score (nSPS) is 17.3. The minimum atomic E-state index is -2.99. The van der Waals surface area contributed by atoms with Crippen molar-refractivity contribution in [2.75, 3.05) is 0 Å². The molecule has 30 heavy (non-hydrogen) atoms. The van der Waals surface area contributed by atoms with Gasteiger partial charge in [-0.3, -0.25) is 0 Å². The molecule has 0 bridgehead atoms. The third-order valence-corrected chi connectivity index (χ3v) is 14.9. The monoisotopic (exact) mass is 440 g/mol. The zero-order valence-electron chi connectivity index (χ0n) is 16.3. The Morgan fingerprint density at radius 2 is 0.667 bits per heavy atom. The fourth-order valence-corrected chi connectivity index (χ4v) is 15.0. The molecule has 0 aliphatic carbocycles. The van der Waals surface area contributed by atoms with Crippen molar-refractivity contribution in [3.8, 4) is 0 Å². The van der Waals surface area contributed by atoms with Crippen molar-refractivity contribution in [3.63, 3.8) is 0 Å². The topological polar surface area (TPSA) is 27.7 Å². The zero-order valence-corrected chi connectivity index (χ0v) is 19.3. The van der Waals surface area contributed by atoms with Crippen LogP contribution in [0.2, 0.25) is 0 Å². The van der Waals surface area contributed by atoms with Crippen LogP contribution in [0.1, 0.15) is 0 Å². The summed E-state index contributed by atoms with van der Waals surface area (Å²) in [5.74, 6) is 0. The van der Waals surface area contributed by atoms with Crippen molar-refractivity contribution in [2.24, 2.45) is 0 Å². The van der Waals surface area contributed by atoms with Gasteiger partial charge in [0.25, 0.3) is 0 Å². The van der Waals surface area contributed by atoms with Gasteiger partial charge in [-0.2, -0.15) is 0 Å². The van der Waals surface area contributed by atoms with E-state index in [1.807, 2.05) is 72.8 Å². The number of rotatable bonds is 4. The molecule has 0 atom stereocenters. The second kappa shape index (κ2) is 8.27. The number of hydrogen-bond acceptors (Lipinski definition) is 3. The first-order chi connectivity index (χ1) is 14.8. The molecular weight excluding hydrogens is 421 g/mol. The maximum Gasteiger partial charge on any atom is 0.414 e. The summed E-state index contributed by atoms with van der Waals surface area (Å²) in [5.41, 5.74) is 0. The van der Waals surface area contributed by atoms with Crippen LogP contribution in [0.15, 0.2) is 121 Å². The fourth-order valence-electron chi connectivity index (χ4n) is 3.82. The van der Waals surface area contributed by atoms with E-state index in [1.54, 1.807) is 0 Å². The van der Waals surface area contributed by atoms with Gasteiger partial charge in [-0.15, -0.1) is 0 Å². The standard InChI is InChI=1S/C24H20O3Si3/c1-5-13-21(14-6-1)29(22-15-7-2-8-16-22)25-28-26-30(27-29,23-17-9-3-10-18-23)24-19-11-4-12-20-24/h1-20H. The summed E-state index contributed by atoms with van der Waals surface area (Å²) in [6.45, 7) is 0. The average Bonchev–Trinajstić information content (AvgIpc) is 2.86. The van der Waals surface area contributed by atoms with E-state index in [4.69, 9.17) is 12.3 Å². The van der Waals surface area contributed by atoms with Gasteiger partial charge in [-0.1, -0.05) is 121 Å². The Kier molecular flexibility index (Phi) is 5.34. The van der Waals surface area contributed by atoms with E-state index in [1.165, 1.54) is 0 Å². The number of hydrogen-bond donors (Lipinski definition) is 0. The van der Waals surface area contributed by atoms with Gasteiger partial charge in [0.05, 0.1) is 0 Å². The third-order valence-electron chi connectivity index (χ3n) is 5.27. The maximum atomic E-state index is 7.25. The molecule has 0 aromatic heterocycles. The molecule has 2 radical (unpaired) electrons. The minimum Gasteiger partial charge on any atom is -0.407 e. The summed E-state index contributed by atoms with van der Waals surface area (Å²) in [5, 5.41) is 4.37. The van der Waals surface area contributed by atoms with E-state index in [2.05, 4.69) is 48.5 Å². The van der Waals surface area contributed by atoms with E-state index in [9.17, 15) is 0 Å². The second-order valence-corrected chi connectivity index (χ2v) is 14.5. The SMILES string of the molecule is c1ccc([Si]2(c3ccccc3)O[Si]O[Si](c3ccccc3)(c3ccccc3)O2)cc1. The molecule has 4 aromatic carbocycles. The summed E-state index contributed by atoms with van der Waals surface area (Å²) in [6.07, 6.45) is 0. The second-order valence-electron chi connectivity index (χ2n) is 7.09. The molecule has 3 nitrogen and oxygen atoms in total. The van der Waals surface area contributed by atoms with Crippen LogP contribution in [0.5, 0.6) is 0 Å². The first-order valence-corrected chi connectivity index (χ1v) is 14.3. The largest absolute Gasteiger partial charge is 0.414 e. The quantitative estimate of drug-likeness (QED) is 0.455. The summed E-state index contributed by atoms with van der Waals surface area (Å²) < 4.78 is 20.2. The Balaban J connectivity index is 1.74. The molecular formula is C24H20O3Si3. The van der Waals surface area contributed by atoms with Gasteiger partial charge in [0.15, 0.2) is 0 Å². The third kappa shape index (κ3) is 3.33. The average molecular weight is 441 g/mol. The smallest absolute Gasteiger partial charge is 0.407 e. The van der Waals surface area contributed by atoms with Gasteiger partial charge < -0.3 is 12.3 Å². The Hall–Kier alpha value is -2.59. The maximum absolute atomic E-state index is 7.25. The van der Waals surface area contributed by atoms with Crippen LogP contribution in [0.4, 0.5) is 0 Å². The van der Waals surface area contributed by atoms with Crippen LogP contribution in [0.25, 0.3) is 0 Å². The van der Waals surface area contributed by atoms with Crippen LogP contribution in [-0.4, -0.2) is 27.1 Å². The molecule has 1 aliphatic rings. The lowest BCUT2D eigenvalue weighted by atomic mass is 10.4.